The van der Waals surface area contributed by atoms with Crippen LogP contribution in [0.1, 0.15) is 5.69 Å². The van der Waals surface area contributed by atoms with Crippen molar-refractivity contribution < 1.29 is 9.53 Å². The molecular formula is C23H25ClN4O2S. The standard InChI is InChI=1S/C23H25ClN4O2S/c1-30-19-6-4-5-17(13-19)23-25-18(16-31-23)14-27-9-11-28(12-10-27)15-22(29)26-21-8-3-2-7-20(21)24/h2-8,13,16H,9-12,14-15H2,1H3,(H,26,29). The van der Waals surface area contributed by atoms with Crippen LogP contribution in [0.3, 0.4) is 0 Å². The number of thiazole rings is 1. The van der Waals surface area contributed by atoms with E-state index >= 15 is 0 Å². The zero-order chi connectivity index (χ0) is 21.6. The summed E-state index contributed by atoms with van der Waals surface area (Å²) in [7, 11) is 1.67. The Hall–Kier alpha value is -2.45. The Morgan fingerprint density at radius 2 is 1.90 bits per heavy atom. The molecule has 162 valence electrons. The molecule has 2 aromatic carbocycles. The monoisotopic (exact) mass is 456 g/mol. The van der Waals surface area contributed by atoms with Crippen LogP contribution in [0.4, 0.5) is 5.69 Å². The predicted octanol–water partition coefficient (Wildman–Crippen LogP) is 4.23. The number of hydrogen-bond acceptors (Lipinski definition) is 6. The van der Waals surface area contributed by atoms with Crippen LogP contribution in [-0.4, -0.2) is 60.5 Å². The number of piperazine rings is 1. The Bertz CT molecular complexity index is 1030. The molecule has 2 heterocycles. The number of anilines is 1. The van der Waals surface area contributed by atoms with Gasteiger partial charge in [0, 0.05) is 43.7 Å². The zero-order valence-corrected chi connectivity index (χ0v) is 19.0. The third kappa shape index (κ3) is 5.83. The van der Waals surface area contributed by atoms with Gasteiger partial charge in [0.1, 0.15) is 10.8 Å². The minimum absolute atomic E-state index is 0.0380. The Kier molecular flexibility index (Phi) is 7.19. The van der Waals surface area contributed by atoms with Gasteiger partial charge >= 0.3 is 0 Å². The van der Waals surface area contributed by atoms with Crippen LogP contribution < -0.4 is 10.1 Å². The van der Waals surface area contributed by atoms with Crippen LogP contribution >= 0.6 is 22.9 Å². The topological polar surface area (TPSA) is 57.7 Å². The number of nitrogens with zero attached hydrogens (tertiary/aromatic N) is 3. The summed E-state index contributed by atoms with van der Waals surface area (Å²) in [4.78, 5) is 21.7. The number of benzene rings is 2. The average molecular weight is 457 g/mol. The molecule has 0 aliphatic carbocycles. The largest absolute Gasteiger partial charge is 0.497 e. The van der Waals surface area contributed by atoms with Gasteiger partial charge in [0.15, 0.2) is 0 Å². The number of amides is 1. The Morgan fingerprint density at radius 1 is 1.13 bits per heavy atom. The van der Waals surface area contributed by atoms with Gasteiger partial charge < -0.3 is 10.1 Å². The van der Waals surface area contributed by atoms with Crippen molar-refractivity contribution in [2.75, 3.05) is 45.2 Å². The first-order valence-corrected chi connectivity index (χ1v) is 11.4. The summed E-state index contributed by atoms with van der Waals surface area (Å²) in [5.74, 6) is 0.799. The Morgan fingerprint density at radius 3 is 2.68 bits per heavy atom. The molecule has 1 fully saturated rings. The first-order valence-electron chi connectivity index (χ1n) is 10.2. The van der Waals surface area contributed by atoms with E-state index in [4.69, 9.17) is 21.3 Å². The van der Waals surface area contributed by atoms with Gasteiger partial charge in [-0.2, -0.15) is 0 Å². The van der Waals surface area contributed by atoms with Gasteiger partial charge in [-0.3, -0.25) is 14.6 Å². The van der Waals surface area contributed by atoms with E-state index in [-0.39, 0.29) is 5.91 Å². The fraction of sp³-hybridized carbons (Fsp3) is 0.304. The third-order valence-corrected chi connectivity index (χ3v) is 6.50. The number of nitrogens with one attached hydrogen (secondary N) is 1. The lowest BCUT2D eigenvalue weighted by Crippen LogP contribution is -2.48. The van der Waals surface area contributed by atoms with Crippen molar-refractivity contribution in [1.82, 2.24) is 14.8 Å². The van der Waals surface area contributed by atoms with Crippen molar-refractivity contribution in [3.8, 4) is 16.3 Å². The fourth-order valence-corrected chi connectivity index (χ4v) is 4.55. The number of carbonyl (C=O) groups excluding carboxylic acids is 1. The maximum absolute atomic E-state index is 12.3. The van der Waals surface area contributed by atoms with Crippen LogP contribution in [0.2, 0.25) is 5.02 Å². The molecular weight excluding hydrogens is 432 g/mol. The highest BCUT2D eigenvalue weighted by Gasteiger charge is 2.20. The molecule has 0 spiro atoms. The Balaban J connectivity index is 1.25. The number of para-hydroxylation sites is 1. The number of aromatic nitrogens is 1. The summed E-state index contributed by atoms with van der Waals surface area (Å²) in [5, 5.41) is 6.57. The SMILES string of the molecule is COc1cccc(-c2nc(CN3CCN(CC(=O)Nc4ccccc4Cl)CC3)cs2)c1. The molecule has 31 heavy (non-hydrogen) atoms. The minimum atomic E-state index is -0.0380. The molecule has 1 aliphatic heterocycles. The van der Waals surface area contributed by atoms with Crippen LogP contribution in [0.5, 0.6) is 5.75 Å². The Labute approximate surface area is 191 Å². The van der Waals surface area contributed by atoms with E-state index in [9.17, 15) is 4.79 Å². The van der Waals surface area contributed by atoms with Crippen molar-refractivity contribution in [3.05, 3.63) is 64.6 Å². The second-order valence-corrected chi connectivity index (χ2v) is 8.72. The number of hydrogen-bond donors (Lipinski definition) is 1. The van der Waals surface area contributed by atoms with Gasteiger partial charge in [-0.25, -0.2) is 4.98 Å². The average Bonchev–Trinajstić information content (AvgIpc) is 3.25. The maximum atomic E-state index is 12.3. The molecule has 6 nitrogen and oxygen atoms in total. The summed E-state index contributed by atoms with van der Waals surface area (Å²) in [5.41, 5.74) is 2.81. The lowest BCUT2D eigenvalue weighted by molar-refractivity contribution is -0.117. The minimum Gasteiger partial charge on any atom is -0.497 e. The van der Waals surface area contributed by atoms with E-state index in [0.29, 0.717) is 17.3 Å². The third-order valence-electron chi connectivity index (χ3n) is 5.23. The zero-order valence-electron chi connectivity index (χ0n) is 17.4. The lowest BCUT2D eigenvalue weighted by atomic mass is 10.2. The van der Waals surface area contributed by atoms with E-state index in [1.807, 2.05) is 36.4 Å². The van der Waals surface area contributed by atoms with Crippen LogP contribution in [0.15, 0.2) is 53.9 Å². The summed E-state index contributed by atoms with van der Waals surface area (Å²) in [6.45, 7) is 4.71. The first kappa shape index (κ1) is 21.8. The van der Waals surface area contributed by atoms with Gasteiger partial charge in [-0.1, -0.05) is 35.9 Å². The summed E-state index contributed by atoms with van der Waals surface area (Å²) >= 11 is 7.77. The quantitative estimate of drug-likeness (QED) is 0.576. The molecule has 1 amide bonds. The highest BCUT2D eigenvalue weighted by atomic mass is 35.5. The highest BCUT2D eigenvalue weighted by molar-refractivity contribution is 7.13. The fourth-order valence-electron chi connectivity index (χ4n) is 3.56. The molecule has 0 unspecified atom stereocenters. The summed E-state index contributed by atoms with van der Waals surface area (Å²) in [6, 6.07) is 15.3. The van der Waals surface area contributed by atoms with Gasteiger partial charge in [0.25, 0.3) is 0 Å². The maximum Gasteiger partial charge on any atom is 0.238 e. The van der Waals surface area contributed by atoms with E-state index in [2.05, 4.69) is 26.6 Å². The van der Waals surface area contributed by atoms with Crippen molar-refractivity contribution >= 4 is 34.5 Å². The second kappa shape index (κ2) is 10.2. The lowest BCUT2D eigenvalue weighted by Gasteiger charge is -2.33. The molecule has 0 saturated carbocycles. The molecule has 1 aromatic heterocycles. The first-order chi connectivity index (χ1) is 15.1. The number of carbonyl (C=O) groups is 1. The van der Waals surface area contributed by atoms with E-state index in [0.717, 1.165) is 54.7 Å². The number of ether oxygens (including phenoxy) is 1. The number of halogens is 1. The van der Waals surface area contributed by atoms with E-state index in [1.54, 1.807) is 24.5 Å². The highest BCUT2D eigenvalue weighted by Crippen LogP contribution is 2.27. The molecule has 8 heteroatoms. The number of rotatable bonds is 7. The van der Waals surface area contributed by atoms with Gasteiger partial charge in [0.05, 0.1) is 30.1 Å². The molecule has 1 aliphatic rings. The summed E-state index contributed by atoms with van der Waals surface area (Å²) < 4.78 is 5.31. The molecule has 1 saturated heterocycles. The van der Waals surface area contributed by atoms with Gasteiger partial charge in [-0.15, -0.1) is 11.3 Å². The van der Waals surface area contributed by atoms with Crippen molar-refractivity contribution in [3.63, 3.8) is 0 Å². The molecule has 0 atom stereocenters. The normalized spacial score (nSPS) is 15.0. The van der Waals surface area contributed by atoms with Crippen LogP contribution in [0.25, 0.3) is 10.6 Å². The van der Waals surface area contributed by atoms with E-state index < -0.39 is 0 Å². The van der Waals surface area contributed by atoms with Crippen molar-refractivity contribution in [1.29, 1.82) is 0 Å². The summed E-state index contributed by atoms with van der Waals surface area (Å²) in [6.07, 6.45) is 0. The molecule has 0 bridgehead atoms. The molecule has 1 N–H and O–H groups in total. The van der Waals surface area contributed by atoms with Gasteiger partial charge in [0.2, 0.25) is 5.91 Å². The van der Waals surface area contributed by atoms with Crippen LogP contribution in [0, 0.1) is 0 Å². The van der Waals surface area contributed by atoms with Crippen molar-refractivity contribution in [2.45, 2.75) is 6.54 Å². The van der Waals surface area contributed by atoms with Crippen LogP contribution in [-0.2, 0) is 11.3 Å². The molecule has 0 radical (unpaired) electrons. The molecule has 3 aromatic rings. The van der Waals surface area contributed by atoms with E-state index in [1.165, 1.54) is 0 Å². The second-order valence-electron chi connectivity index (χ2n) is 7.46. The number of methoxy groups -OCH3 is 1. The van der Waals surface area contributed by atoms with Gasteiger partial charge in [-0.05, 0) is 24.3 Å². The predicted molar refractivity (Wildman–Crippen MR) is 126 cm³/mol. The molecule has 4 rings (SSSR count). The smallest absolute Gasteiger partial charge is 0.238 e. The van der Waals surface area contributed by atoms with Crippen molar-refractivity contribution in [2.24, 2.45) is 0 Å².